The van der Waals surface area contributed by atoms with Crippen LogP contribution in [-0.4, -0.2) is 85.4 Å². The predicted molar refractivity (Wildman–Crippen MR) is 108 cm³/mol. The summed E-state index contributed by atoms with van der Waals surface area (Å²) in [5.74, 6) is 0.697. The Morgan fingerprint density at radius 2 is 1.65 bits per heavy atom. The highest BCUT2D eigenvalue weighted by molar-refractivity contribution is 5.85. The van der Waals surface area contributed by atoms with Crippen LogP contribution < -0.4 is 5.32 Å². The van der Waals surface area contributed by atoms with Crippen LogP contribution in [0.3, 0.4) is 0 Å². The molecule has 2 aliphatic heterocycles. The van der Waals surface area contributed by atoms with Crippen LogP contribution in [0.25, 0.3) is 0 Å². The van der Waals surface area contributed by atoms with Gasteiger partial charge in [-0.1, -0.05) is 19.3 Å². The summed E-state index contributed by atoms with van der Waals surface area (Å²) in [7, 11) is 1.96. The summed E-state index contributed by atoms with van der Waals surface area (Å²) in [6, 6.07) is 0.434. The lowest BCUT2D eigenvalue weighted by Crippen LogP contribution is -2.53. The van der Waals surface area contributed by atoms with Crippen LogP contribution in [0.2, 0.25) is 0 Å². The van der Waals surface area contributed by atoms with Crippen LogP contribution in [0.5, 0.6) is 0 Å². The van der Waals surface area contributed by atoms with Gasteiger partial charge < -0.3 is 15.1 Å². The Kier molecular flexibility index (Phi) is 10.2. The van der Waals surface area contributed by atoms with Gasteiger partial charge in [-0.05, 0) is 25.8 Å². The Balaban J connectivity index is 0.00000169. The van der Waals surface area contributed by atoms with Gasteiger partial charge in [0.25, 0.3) is 0 Å². The minimum Gasteiger partial charge on any atom is -0.342 e. The standard InChI is InChI=1S/C18H32N4O2.2ClH/c1-20(16-5-3-2-4-6-16)17(23)14-21-9-11-22(12-10-21)18(24)15-7-8-19-13-15;;/h15-16,19H,2-14H2,1H3;2*1H. The van der Waals surface area contributed by atoms with Gasteiger partial charge in [-0.25, -0.2) is 0 Å². The summed E-state index contributed by atoms with van der Waals surface area (Å²) in [5.41, 5.74) is 0. The molecule has 0 aromatic heterocycles. The number of rotatable bonds is 4. The van der Waals surface area contributed by atoms with Gasteiger partial charge in [-0.15, -0.1) is 24.8 Å². The lowest BCUT2D eigenvalue weighted by molar-refractivity contribution is -0.138. The minimum atomic E-state index is 0. The maximum Gasteiger partial charge on any atom is 0.236 e. The van der Waals surface area contributed by atoms with Crippen molar-refractivity contribution in [3.63, 3.8) is 0 Å². The zero-order chi connectivity index (χ0) is 16.9. The Morgan fingerprint density at radius 1 is 1.00 bits per heavy atom. The maximum absolute atomic E-state index is 12.5. The highest BCUT2D eigenvalue weighted by atomic mass is 35.5. The van der Waals surface area contributed by atoms with Gasteiger partial charge in [0.15, 0.2) is 0 Å². The number of nitrogens with one attached hydrogen (secondary N) is 1. The molecule has 3 rings (SSSR count). The summed E-state index contributed by atoms with van der Waals surface area (Å²) in [6.45, 7) is 5.43. The predicted octanol–water partition coefficient (Wildman–Crippen LogP) is 1.37. The molecule has 0 spiro atoms. The third-order valence-corrected chi connectivity index (χ3v) is 5.97. The van der Waals surface area contributed by atoms with Crippen LogP contribution in [-0.2, 0) is 9.59 Å². The fourth-order valence-electron chi connectivity index (χ4n) is 4.22. The second-order valence-electron chi connectivity index (χ2n) is 7.59. The number of halogens is 2. The van der Waals surface area contributed by atoms with Crippen LogP contribution in [0.1, 0.15) is 38.5 Å². The fourth-order valence-corrected chi connectivity index (χ4v) is 4.22. The average Bonchev–Trinajstić information content (AvgIpc) is 3.16. The first-order valence-electron chi connectivity index (χ1n) is 9.62. The molecule has 1 saturated carbocycles. The van der Waals surface area contributed by atoms with Crippen molar-refractivity contribution in [3.05, 3.63) is 0 Å². The second-order valence-corrected chi connectivity index (χ2v) is 7.59. The van der Waals surface area contributed by atoms with Gasteiger partial charge in [0.2, 0.25) is 11.8 Å². The van der Waals surface area contributed by atoms with Crippen molar-refractivity contribution in [1.29, 1.82) is 0 Å². The monoisotopic (exact) mass is 408 g/mol. The molecule has 3 fully saturated rings. The molecule has 1 aliphatic carbocycles. The molecule has 6 nitrogen and oxygen atoms in total. The molecule has 0 aromatic rings. The van der Waals surface area contributed by atoms with Crippen LogP contribution in [0.4, 0.5) is 0 Å². The van der Waals surface area contributed by atoms with E-state index in [9.17, 15) is 9.59 Å². The van der Waals surface area contributed by atoms with Crippen molar-refractivity contribution in [2.45, 2.75) is 44.6 Å². The molecule has 1 N–H and O–H groups in total. The number of piperazine rings is 1. The third kappa shape index (κ3) is 5.98. The van der Waals surface area contributed by atoms with E-state index in [2.05, 4.69) is 10.2 Å². The van der Waals surface area contributed by atoms with Crippen molar-refractivity contribution in [1.82, 2.24) is 20.0 Å². The molecular weight excluding hydrogens is 375 g/mol. The van der Waals surface area contributed by atoms with E-state index in [1.807, 2.05) is 16.8 Å². The number of hydrogen-bond donors (Lipinski definition) is 1. The molecule has 0 bridgehead atoms. The maximum atomic E-state index is 12.5. The second kappa shape index (κ2) is 11.3. The van der Waals surface area contributed by atoms with Gasteiger partial charge in [-0.3, -0.25) is 14.5 Å². The zero-order valence-corrected chi connectivity index (χ0v) is 17.5. The molecule has 2 saturated heterocycles. The first-order valence-corrected chi connectivity index (χ1v) is 9.62. The van der Waals surface area contributed by atoms with E-state index in [-0.39, 0.29) is 36.6 Å². The Bertz CT molecular complexity index is 446. The number of likely N-dealkylation sites (N-methyl/N-ethyl adjacent to an activating group) is 1. The average molecular weight is 409 g/mol. The Labute approximate surface area is 169 Å². The largest absolute Gasteiger partial charge is 0.342 e. The Morgan fingerprint density at radius 3 is 2.23 bits per heavy atom. The summed E-state index contributed by atoms with van der Waals surface area (Å²) in [4.78, 5) is 31.1. The van der Waals surface area contributed by atoms with Crippen LogP contribution >= 0.6 is 24.8 Å². The summed E-state index contributed by atoms with van der Waals surface area (Å²) in [6.07, 6.45) is 7.08. The quantitative estimate of drug-likeness (QED) is 0.762. The summed E-state index contributed by atoms with van der Waals surface area (Å²) < 4.78 is 0. The van der Waals surface area contributed by atoms with E-state index in [4.69, 9.17) is 0 Å². The Hall–Kier alpha value is -0.560. The molecule has 1 atom stereocenters. The fraction of sp³-hybridized carbons (Fsp3) is 0.889. The van der Waals surface area contributed by atoms with Gasteiger partial charge in [-0.2, -0.15) is 0 Å². The number of amides is 2. The number of hydrogen-bond acceptors (Lipinski definition) is 4. The first kappa shape index (κ1) is 23.5. The molecule has 3 aliphatic rings. The van der Waals surface area contributed by atoms with Crippen molar-refractivity contribution in [3.8, 4) is 0 Å². The minimum absolute atomic E-state index is 0. The molecular formula is C18H34Cl2N4O2. The van der Waals surface area contributed by atoms with Crippen molar-refractivity contribution >= 4 is 36.6 Å². The topological polar surface area (TPSA) is 55.9 Å². The molecule has 2 amide bonds. The molecule has 2 heterocycles. The van der Waals surface area contributed by atoms with Gasteiger partial charge in [0.05, 0.1) is 12.5 Å². The summed E-state index contributed by atoms with van der Waals surface area (Å²) >= 11 is 0. The lowest BCUT2D eigenvalue weighted by Gasteiger charge is -2.37. The summed E-state index contributed by atoms with van der Waals surface area (Å²) in [5, 5.41) is 3.26. The van der Waals surface area contributed by atoms with E-state index in [0.717, 1.165) is 58.5 Å². The van der Waals surface area contributed by atoms with Crippen molar-refractivity contribution < 1.29 is 9.59 Å². The number of nitrogens with zero attached hydrogens (tertiary/aromatic N) is 3. The van der Waals surface area contributed by atoms with Gasteiger partial charge in [0, 0.05) is 45.8 Å². The molecule has 152 valence electrons. The lowest BCUT2D eigenvalue weighted by atomic mass is 9.94. The van der Waals surface area contributed by atoms with E-state index >= 15 is 0 Å². The zero-order valence-electron chi connectivity index (χ0n) is 15.8. The molecule has 0 aromatic carbocycles. The van der Waals surface area contributed by atoms with Gasteiger partial charge in [0.1, 0.15) is 0 Å². The van der Waals surface area contributed by atoms with Crippen molar-refractivity contribution in [2.24, 2.45) is 5.92 Å². The number of carbonyl (C=O) groups excluding carboxylic acids is 2. The van der Waals surface area contributed by atoms with E-state index in [1.165, 1.54) is 19.3 Å². The highest BCUT2D eigenvalue weighted by Gasteiger charge is 2.30. The van der Waals surface area contributed by atoms with Crippen LogP contribution in [0, 0.1) is 5.92 Å². The smallest absolute Gasteiger partial charge is 0.236 e. The third-order valence-electron chi connectivity index (χ3n) is 5.97. The molecule has 8 heteroatoms. The van der Waals surface area contributed by atoms with Crippen molar-refractivity contribution in [2.75, 3.05) is 52.9 Å². The molecule has 26 heavy (non-hydrogen) atoms. The SMILES string of the molecule is CN(C(=O)CN1CCN(C(=O)C2CCNC2)CC1)C1CCCCC1.Cl.Cl. The molecule has 0 radical (unpaired) electrons. The highest BCUT2D eigenvalue weighted by Crippen LogP contribution is 2.22. The van der Waals surface area contributed by atoms with Gasteiger partial charge >= 0.3 is 0 Å². The van der Waals surface area contributed by atoms with E-state index in [0.29, 0.717) is 18.5 Å². The molecule has 1 unspecified atom stereocenters. The van der Waals surface area contributed by atoms with Crippen LogP contribution in [0.15, 0.2) is 0 Å². The first-order chi connectivity index (χ1) is 11.6. The number of carbonyl (C=O) groups is 2. The van der Waals surface area contributed by atoms with E-state index in [1.54, 1.807) is 0 Å². The normalized spacial score (nSPS) is 24.5. The van der Waals surface area contributed by atoms with E-state index < -0.39 is 0 Å².